The van der Waals surface area contributed by atoms with Gasteiger partial charge < -0.3 is 5.32 Å². The lowest BCUT2D eigenvalue weighted by Gasteiger charge is -2.10. The maximum Gasteiger partial charge on any atom is 0.240 e. The fraction of sp³-hybridized carbons (Fsp3) is 0.250. The maximum atomic E-state index is 12.3. The Labute approximate surface area is 136 Å². The molecule has 0 aliphatic carbocycles. The van der Waals surface area contributed by atoms with Gasteiger partial charge in [0.15, 0.2) is 0 Å². The third-order valence-electron chi connectivity index (χ3n) is 3.22. The summed E-state index contributed by atoms with van der Waals surface area (Å²) in [6, 6.07) is 8.66. The van der Waals surface area contributed by atoms with Crippen molar-refractivity contribution in [1.29, 1.82) is 0 Å². The van der Waals surface area contributed by atoms with Crippen molar-refractivity contribution < 1.29 is 13.2 Å². The fourth-order valence-electron chi connectivity index (χ4n) is 2.03. The lowest BCUT2D eigenvalue weighted by molar-refractivity contribution is -0.116. The molecule has 2 aromatic rings. The zero-order valence-corrected chi connectivity index (χ0v) is 13.9. The van der Waals surface area contributed by atoms with Crippen LogP contribution in [0.15, 0.2) is 47.6 Å². The Morgan fingerprint density at radius 2 is 2.00 bits per heavy atom. The Kier molecular flexibility index (Phi) is 5.46. The highest BCUT2D eigenvalue weighted by Gasteiger charge is 2.17. The van der Waals surface area contributed by atoms with Crippen LogP contribution in [0.4, 0.5) is 5.69 Å². The van der Waals surface area contributed by atoms with Crippen molar-refractivity contribution in [2.24, 2.45) is 0 Å². The molecule has 0 fully saturated rings. The monoisotopic (exact) mass is 333 g/mol. The number of aryl methyl sites for hydroxylation is 2. The quantitative estimate of drug-likeness (QED) is 0.846. The first kappa shape index (κ1) is 17.1. The second-order valence-electron chi connectivity index (χ2n) is 5.21. The molecule has 1 heterocycles. The Balaban J connectivity index is 1.92. The van der Waals surface area contributed by atoms with E-state index in [4.69, 9.17) is 0 Å². The van der Waals surface area contributed by atoms with Crippen LogP contribution in [0.25, 0.3) is 0 Å². The van der Waals surface area contributed by atoms with Gasteiger partial charge >= 0.3 is 0 Å². The lowest BCUT2D eigenvalue weighted by atomic mass is 10.2. The van der Waals surface area contributed by atoms with Gasteiger partial charge in [-0.2, -0.15) is 0 Å². The third-order valence-corrected chi connectivity index (χ3v) is 4.83. The second-order valence-corrected chi connectivity index (χ2v) is 6.94. The van der Waals surface area contributed by atoms with E-state index in [9.17, 15) is 13.2 Å². The number of hydrogen-bond acceptors (Lipinski definition) is 4. The average Bonchev–Trinajstić information content (AvgIpc) is 2.50. The number of nitrogens with one attached hydrogen (secondary N) is 2. The highest BCUT2D eigenvalue weighted by Crippen LogP contribution is 2.16. The number of amides is 1. The molecular formula is C16H19N3O3S. The molecule has 1 aromatic carbocycles. The molecule has 122 valence electrons. The van der Waals surface area contributed by atoms with Crippen LogP contribution in [0.1, 0.15) is 17.5 Å². The molecule has 1 aromatic heterocycles. The number of pyridine rings is 1. The Hall–Kier alpha value is -2.25. The molecule has 0 bridgehead atoms. The zero-order valence-electron chi connectivity index (χ0n) is 13.0. The number of anilines is 1. The predicted octanol–water partition coefficient (Wildman–Crippen LogP) is 2.01. The third kappa shape index (κ3) is 4.87. The van der Waals surface area contributed by atoms with Gasteiger partial charge in [-0.25, -0.2) is 13.1 Å². The van der Waals surface area contributed by atoms with Crippen LogP contribution in [-0.4, -0.2) is 25.9 Å². The van der Waals surface area contributed by atoms with Crippen LogP contribution in [-0.2, 0) is 14.8 Å². The van der Waals surface area contributed by atoms with Crippen molar-refractivity contribution in [3.05, 3.63) is 53.9 Å². The van der Waals surface area contributed by atoms with Crippen LogP contribution in [0.5, 0.6) is 0 Å². The first-order valence-corrected chi connectivity index (χ1v) is 8.63. The fourth-order valence-corrected chi connectivity index (χ4v) is 3.39. The molecule has 23 heavy (non-hydrogen) atoms. The summed E-state index contributed by atoms with van der Waals surface area (Å²) in [5.74, 6) is -0.276. The molecule has 7 heteroatoms. The van der Waals surface area contributed by atoms with Crippen molar-refractivity contribution >= 4 is 21.6 Å². The Bertz CT molecular complexity index is 789. The molecule has 0 spiro atoms. The molecular weight excluding hydrogens is 314 g/mol. The van der Waals surface area contributed by atoms with Crippen molar-refractivity contribution in [3.8, 4) is 0 Å². The van der Waals surface area contributed by atoms with Gasteiger partial charge in [-0.05, 0) is 43.2 Å². The number of carbonyl (C=O) groups is 1. The molecule has 0 aliphatic rings. The van der Waals surface area contributed by atoms with Gasteiger partial charge in [-0.1, -0.05) is 12.1 Å². The van der Waals surface area contributed by atoms with Crippen LogP contribution in [0.3, 0.4) is 0 Å². The number of rotatable bonds is 6. The van der Waals surface area contributed by atoms with Gasteiger partial charge in [0.05, 0.1) is 16.8 Å². The van der Waals surface area contributed by atoms with Gasteiger partial charge in [0.25, 0.3) is 0 Å². The molecule has 2 rings (SSSR count). The summed E-state index contributed by atoms with van der Waals surface area (Å²) in [6.07, 6.45) is 3.17. The number of hydrogen-bond donors (Lipinski definition) is 2. The molecule has 2 N–H and O–H groups in total. The molecule has 1 amide bonds. The van der Waals surface area contributed by atoms with Crippen LogP contribution < -0.4 is 10.0 Å². The van der Waals surface area contributed by atoms with E-state index >= 15 is 0 Å². The molecule has 0 saturated heterocycles. The molecule has 0 radical (unpaired) electrons. The molecule has 0 atom stereocenters. The van der Waals surface area contributed by atoms with E-state index in [0.29, 0.717) is 11.3 Å². The van der Waals surface area contributed by atoms with E-state index in [1.807, 2.05) is 13.0 Å². The van der Waals surface area contributed by atoms with Gasteiger partial charge in [-0.15, -0.1) is 0 Å². The Morgan fingerprint density at radius 3 is 2.70 bits per heavy atom. The Morgan fingerprint density at radius 1 is 1.22 bits per heavy atom. The standard InChI is InChI=1S/C16H19N3O3S/c1-12-5-6-13(2)15(10-12)23(21,22)18-9-7-16(20)19-14-4-3-8-17-11-14/h3-6,8,10-11,18H,7,9H2,1-2H3,(H,19,20). The van der Waals surface area contributed by atoms with E-state index in [1.54, 1.807) is 37.4 Å². The largest absolute Gasteiger partial charge is 0.325 e. The van der Waals surface area contributed by atoms with Crippen molar-refractivity contribution in [1.82, 2.24) is 9.71 Å². The van der Waals surface area contributed by atoms with Gasteiger partial charge in [0.1, 0.15) is 0 Å². The number of sulfonamides is 1. The number of aromatic nitrogens is 1. The summed E-state index contributed by atoms with van der Waals surface area (Å²) in [4.78, 5) is 15.9. The van der Waals surface area contributed by atoms with Crippen LogP contribution in [0, 0.1) is 13.8 Å². The first-order chi connectivity index (χ1) is 10.9. The molecule has 0 saturated carbocycles. The summed E-state index contributed by atoms with van der Waals surface area (Å²) in [7, 11) is -3.62. The van der Waals surface area contributed by atoms with Crippen molar-refractivity contribution in [2.75, 3.05) is 11.9 Å². The number of nitrogens with zero attached hydrogens (tertiary/aromatic N) is 1. The minimum absolute atomic E-state index is 0.0296. The molecule has 6 nitrogen and oxygen atoms in total. The highest BCUT2D eigenvalue weighted by molar-refractivity contribution is 7.89. The number of carbonyl (C=O) groups excluding carboxylic acids is 1. The normalized spacial score (nSPS) is 11.2. The van der Waals surface area contributed by atoms with Gasteiger partial charge in [-0.3, -0.25) is 9.78 Å². The lowest BCUT2D eigenvalue weighted by Crippen LogP contribution is -2.28. The summed E-state index contributed by atoms with van der Waals surface area (Å²) >= 11 is 0. The highest BCUT2D eigenvalue weighted by atomic mass is 32.2. The van der Waals surface area contributed by atoms with Crippen LogP contribution in [0.2, 0.25) is 0 Å². The van der Waals surface area contributed by atoms with Crippen LogP contribution >= 0.6 is 0 Å². The van der Waals surface area contributed by atoms with Gasteiger partial charge in [0, 0.05) is 19.2 Å². The minimum atomic E-state index is -3.62. The zero-order chi connectivity index (χ0) is 16.9. The van der Waals surface area contributed by atoms with Crippen molar-refractivity contribution in [3.63, 3.8) is 0 Å². The summed E-state index contributed by atoms with van der Waals surface area (Å²) in [5, 5.41) is 2.65. The van der Waals surface area contributed by atoms with E-state index in [2.05, 4.69) is 15.0 Å². The van der Waals surface area contributed by atoms with E-state index < -0.39 is 10.0 Å². The second kappa shape index (κ2) is 7.34. The first-order valence-electron chi connectivity index (χ1n) is 7.15. The van der Waals surface area contributed by atoms with E-state index in [1.165, 1.54) is 6.20 Å². The predicted molar refractivity (Wildman–Crippen MR) is 88.6 cm³/mol. The summed E-state index contributed by atoms with van der Waals surface area (Å²) < 4.78 is 27.0. The van der Waals surface area contributed by atoms with Gasteiger partial charge in [0.2, 0.25) is 15.9 Å². The topological polar surface area (TPSA) is 88.2 Å². The SMILES string of the molecule is Cc1ccc(C)c(S(=O)(=O)NCCC(=O)Nc2cccnc2)c1. The van der Waals surface area contributed by atoms with E-state index in [0.717, 1.165) is 5.56 Å². The maximum absolute atomic E-state index is 12.3. The van der Waals surface area contributed by atoms with Crippen molar-refractivity contribution in [2.45, 2.75) is 25.2 Å². The molecule has 0 aliphatic heterocycles. The molecule has 0 unspecified atom stereocenters. The minimum Gasteiger partial charge on any atom is -0.325 e. The average molecular weight is 333 g/mol. The van der Waals surface area contributed by atoms with E-state index in [-0.39, 0.29) is 23.8 Å². The smallest absolute Gasteiger partial charge is 0.240 e. The summed E-state index contributed by atoms with van der Waals surface area (Å²) in [6.45, 7) is 3.60. The number of benzene rings is 1. The summed E-state index contributed by atoms with van der Waals surface area (Å²) in [5.41, 5.74) is 2.11.